The highest BCUT2D eigenvalue weighted by atomic mass is 32.2. The van der Waals surface area contributed by atoms with Gasteiger partial charge in [0.15, 0.2) is 0 Å². The molecule has 9 heteroatoms. The van der Waals surface area contributed by atoms with Crippen molar-refractivity contribution in [1.29, 1.82) is 0 Å². The standard InChI is InChI=1S/C12H19N5O2S2/c1-3-4-13-6-10-9(2)5-12(20-10)21(18,19)16-7-11-14-8-15-17-11/h5,8,13,16H,3-4,6-7H2,1-2H3,(H,14,15,17). The summed E-state index contributed by atoms with van der Waals surface area (Å²) in [7, 11) is -3.52. The number of hydrogen-bond acceptors (Lipinski definition) is 6. The topological polar surface area (TPSA) is 99.8 Å². The van der Waals surface area contributed by atoms with E-state index in [-0.39, 0.29) is 6.54 Å². The predicted molar refractivity (Wildman–Crippen MR) is 81.5 cm³/mol. The fourth-order valence-corrected chi connectivity index (χ4v) is 4.32. The number of thiophene rings is 1. The summed E-state index contributed by atoms with van der Waals surface area (Å²) >= 11 is 1.29. The predicted octanol–water partition coefficient (Wildman–Crippen LogP) is 1.15. The van der Waals surface area contributed by atoms with Crippen LogP contribution in [0.3, 0.4) is 0 Å². The lowest BCUT2D eigenvalue weighted by atomic mass is 10.3. The summed E-state index contributed by atoms with van der Waals surface area (Å²) < 4.78 is 27.3. The van der Waals surface area contributed by atoms with Gasteiger partial charge in [-0.3, -0.25) is 5.10 Å². The second-order valence-corrected chi connectivity index (χ2v) is 7.74. The van der Waals surface area contributed by atoms with Crippen LogP contribution < -0.4 is 10.0 Å². The molecular weight excluding hydrogens is 310 g/mol. The second kappa shape index (κ2) is 7.12. The maximum Gasteiger partial charge on any atom is 0.250 e. The van der Waals surface area contributed by atoms with Gasteiger partial charge in [0.05, 0.1) is 6.54 Å². The molecule has 0 fully saturated rings. The number of nitrogens with zero attached hydrogens (tertiary/aromatic N) is 2. The third kappa shape index (κ3) is 4.34. The van der Waals surface area contributed by atoms with Crippen LogP contribution in [-0.2, 0) is 23.1 Å². The summed E-state index contributed by atoms with van der Waals surface area (Å²) in [5.41, 5.74) is 0.989. The Morgan fingerprint density at radius 2 is 2.19 bits per heavy atom. The second-order valence-electron chi connectivity index (χ2n) is 4.61. The van der Waals surface area contributed by atoms with Crippen LogP contribution in [0.5, 0.6) is 0 Å². The van der Waals surface area contributed by atoms with Crippen LogP contribution in [0.4, 0.5) is 0 Å². The Kier molecular flexibility index (Phi) is 5.45. The molecule has 2 rings (SSSR count). The normalized spacial score (nSPS) is 11.9. The summed E-state index contributed by atoms with van der Waals surface area (Å²) in [5, 5.41) is 9.58. The highest BCUT2D eigenvalue weighted by Gasteiger charge is 2.19. The van der Waals surface area contributed by atoms with Crippen molar-refractivity contribution in [2.24, 2.45) is 0 Å². The fraction of sp³-hybridized carbons (Fsp3) is 0.500. The minimum atomic E-state index is -3.52. The zero-order valence-electron chi connectivity index (χ0n) is 12.0. The lowest BCUT2D eigenvalue weighted by Gasteiger charge is -2.02. The minimum absolute atomic E-state index is 0.0999. The number of aryl methyl sites for hydroxylation is 1. The molecule has 2 heterocycles. The van der Waals surface area contributed by atoms with Crippen LogP contribution in [0.2, 0.25) is 0 Å². The Morgan fingerprint density at radius 3 is 2.86 bits per heavy atom. The Labute approximate surface area is 128 Å². The van der Waals surface area contributed by atoms with Crippen LogP contribution in [0.15, 0.2) is 16.6 Å². The maximum atomic E-state index is 12.2. The first-order chi connectivity index (χ1) is 10.0. The van der Waals surface area contributed by atoms with E-state index in [1.54, 1.807) is 6.07 Å². The van der Waals surface area contributed by atoms with Crippen LogP contribution in [0.25, 0.3) is 0 Å². The Morgan fingerprint density at radius 1 is 1.38 bits per heavy atom. The molecule has 0 aliphatic rings. The zero-order chi connectivity index (χ0) is 15.3. The van der Waals surface area contributed by atoms with E-state index in [0.29, 0.717) is 16.6 Å². The van der Waals surface area contributed by atoms with Gasteiger partial charge in [-0.05, 0) is 31.5 Å². The number of nitrogens with one attached hydrogen (secondary N) is 3. The Balaban J connectivity index is 2.04. The van der Waals surface area contributed by atoms with Crippen LogP contribution in [-0.4, -0.2) is 30.1 Å². The average molecular weight is 329 g/mol. The summed E-state index contributed by atoms with van der Waals surface area (Å²) in [6.07, 6.45) is 2.39. The molecule has 0 saturated carbocycles. The van der Waals surface area contributed by atoms with Gasteiger partial charge in [-0.15, -0.1) is 11.3 Å². The zero-order valence-corrected chi connectivity index (χ0v) is 13.6. The number of sulfonamides is 1. The lowest BCUT2D eigenvalue weighted by molar-refractivity contribution is 0.581. The fourth-order valence-electron chi connectivity index (χ4n) is 1.73. The van der Waals surface area contributed by atoms with Gasteiger partial charge in [0.25, 0.3) is 0 Å². The van der Waals surface area contributed by atoms with E-state index < -0.39 is 10.0 Å². The highest BCUT2D eigenvalue weighted by Crippen LogP contribution is 2.25. The molecule has 0 aromatic carbocycles. The van der Waals surface area contributed by atoms with Gasteiger partial charge < -0.3 is 5.32 Å². The summed E-state index contributed by atoms with van der Waals surface area (Å²) in [6, 6.07) is 1.70. The molecular formula is C12H19N5O2S2. The molecule has 2 aromatic heterocycles. The van der Waals surface area contributed by atoms with Gasteiger partial charge in [0.1, 0.15) is 16.4 Å². The highest BCUT2D eigenvalue weighted by molar-refractivity contribution is 7.91. The van der Waals surface area contributed by atoms with Gasteiger partial charge in [0.2, 0.25) is 10.0 Å². The minimum Gasteiger partial charge on any atom is -0.312 e. The van der Waals surface area contributed by atoms with E-state index >= 15 is 0 Å². The lowest BCUT2D eigenvalue weighted by Crippen LogP contribution is -2.23. The SMILES string of the molecule is CCCNCc1sc(S(=O)(=O)NCc2ncn[nH]2)cc1C. The molecule has 7 nitrogen and oxygen atoms in total. The van der Waals surface area contributed by atoms with Crippen molar-refractivity contribution in [3.05, 3.63) is 28.7 Å². The van der Waals surface area contributed by atoms with Crippen molar-refractivity contribution in [2.75, 3.05) is 6.54 Å². The van der Waals surface area contributed by atoms with Crippen molar-refractivity contribution in [3.8, 4) is 0 Å². The van der Waals surface area contributed by atoms with Crippen molar-refractivity contribution >= 4 is 21.4 Å². The van der Waals surface area contributed by atoms with Crippen molar-refractivity contribution in [3.63, 3.8) is 0 Å². The summed E-state index contributed by atoms with van der Waals surface area (Å²) in [4.78, 5) is 4.93. The van der Waals surface area contributed by atoms with Crippen LogP contribution in [0.1, 0.15) is 29.6 Å². The summed E-state index contributed by atoms with van der Waals surface area (Å²) in [6.45, 7) is 5.74. The van der Waals surface area contributed by atoms with Gasteiger partial charge in [0, 0.05) is 11.4 Å². The third-order valence-corrected chi connectivity index (χ3v) is 5.98. The third-order valence-electron chi connectivity index (χ3n) is 2.87. The Bertz CT molecular complexity index is 664. The molecule has 0 saturated heterocycles. The first kappa shape index (κ1) is 16.1. The molecule has 0 unspecified atom stereocenters. The molecule has 0 spiro atoms. The van der Waals surface area contributed by atoms with Crippen LogP contribution in [0, 0.1) is 6.92 Å². The first-order valence-electron chi connectivity index (χ1n) is 6.67. The smallest absolute Gasteiger partial charge is 0.250 e. The van der Waals surface area contributed by atoms with Gasteiger partial charge >= 0.3 is 0 Å². The molecule has 0 aliphatic heterocycles. The number of rotatable bonds is 8. The largest absolute Gasteiger partial charge is 0.312 e. The first-order valence-corrected chi connectivity index (χ1v) is 8.97. The molecule has 21 heavy (non-hydrogen) atoms. The average Bonchev–Trinajstić information content (AvgIpc) is 3.07. The van der Waals surface area contributed by atoms with E-state index in [4.69, 9.17) is 0 Å². The molecule has 0 aliphatic carbocycles. The number of hydrogen-bond donors (Lipinski definition) is 3. The van der Waals surface area contributed by atoms with Crippen molar-refractivity contribution < 1.29 is 8.42 Å². The molecule has 2 aromatic rings. The van der Waals surface area contributed by atoms with Crippen molar-refractivity contribution in [1.82, 2.24) is 25.2 Å². The molecule has 0 bridgehead atoms. The molecule has 0 radical (unpaired) electrons. The Hall–Kier alpha value is -1.29. The molecule has 0 amide bonds. The molecule has 0 atom stereocenters. The molecule has 116 valence electrons. The van der Waals surface area contributed by atoms with Gasteiger partial charge in [-0.25, -0.2) is 18.1 Å². The van der Waals surface area contributed by atoms with E-state index in [2.05, 4.69) is 32.1 Å². The number of aromatic nitrogens is 3. The number of aromatic amines is 1. The quantitative estimate of drug-likeness (QED) is 0.631. The van der Waals surface area contributed by atoms with E-state index in [9.17, 15) is 8.42 Å². The molecule has 3 N–H and O–H groups in total. The summed E-state index contributed by atoms with van der Waals surface area (Å²) in [5.74, 6) is 0.483. The van der Waals surface area contributed by atoms with Crippen LogP contribution >= 0.6 is 11.3 Å². The number of H-pyrrole nitrogens is 1. The van der Waals surface area contributed by atoms with Gasteiger partial charge in [-0.2, -0.15) is 5.10 Å². The monoisotopic (exact) mass is 329 g/mol. The van der Waals surface area contributed by atoms with E-state index in [0.717, 1.165) is 23.4 Å². The maximum absolute atomic E-state index is 12.2. The van der Waals surface area contributed by atoms with Crippen molar-refractivity contribution in [2.45, 2.75) is 37.6 Å². The van der Waals surface area contributed by atoms with Gasteiger partial charge in [-0.1, -0.05) is 6.92 Å². The van der Waals surface area contributed by atoms with E-state index in [1.165, 1.54) is 17.7 Å². The van der Waals surface area contributed by atoms with E-state index in [1.807, 2.05) is 6.92 Å².